The van der Waals surface area contributed by atoms with Crippen molar-refractivity contribution in [3.05, 3.63) is 40.6 Å². The van der Waals surface area contributed by atoms with Crippen molar-refractivity contribution in [1.82, 2.24) is 0 Å². The Bertz CT molecular complexity index is 546. The lowest BCUT2D eigenvalue weighted by Gasteiger charge is -2.08. The maximum Gasteiger partial charge on any atom is 0.573 e. The highest BCUT2D eigenvalue weighted by molar-refractivity contribution is 7.10. The lowest BCUT2D eigenvalue weighted by atomic mass is 10.1. The number of rotatable bonds is 3. The molecular formula is C13H12F3NOS. The molecule has 0 saturated heterocycles. The smallest absolute Gasteiger partial charge is 0.406 e. The number of benzene rings is 1. The van der Waals surface area contributed by atoms with Gasteiger partial charge in [0.25, 0.3) is 0 Å². The van der Waals surface area contributed by atoms with Crippen LogP contribution in [0.25, 0.3) is 11.1 Å². The Morgan fingerprint density at radius 1 is 1.16 bits per heavy atom. The molecule has 0 radical (unpaired) electrons. The SMILES string of the molecule is CC(N)c1cc(-c2ccc(OC(F)(F)F)cc2)cs1. The Balaban J connectivity index is 2.17. The van der Waals surface area contributed by atoms with Crippen LogP contribution >= 0.6 is 11.3 Å². The second kappa shape index (κ2) is 5.22. The van der Waals surface area contributed by atoms with Crippen molar-refractivity contribution < 1.29 is 17.9 Å². The standard InChI is InChI=1S/C13H12F3NOS/c1-8(17)12-6-10(7-19-12)9-2-4-11(5-3-9)18-13(14,15)16/h2-8H,17H2,1H3. The Kier molecular flexibility index (Phi) is 3.82. The molecule has 0 aliphatic heterocycles. The van der Waals surface area contributed by atoms with Crippen LogP contribution in [0.15, 0.2) is 35.7 Å². The van der Waals surface area contributed by atoms with Gasteiger partial charge in [0.1, 0.15) is 5.75 Å². The molecule has 1 aromatic heterocycles. The molecule has 0 spiro atoms. The van der Waals surface area contributed by atoms with Crippen molar-refractivity contribution in [2.45, 2.75) is 19.3 Å². The zero-order chi connectivity index (χ0) is 14.0. The van der Waals surface area contributed by atoms with E-state index in [-0.39, 0.29) is 11.8 Å². The van der Waals surface area contributed by atoms with Crippen molar-refractivity contribution in [1.29, 1.82) is 0 Å². The lowest BCUT2D eigenvalue weighted by molar-refractivity contribution is -0.274. The molecule has 102 valence electrons. The Morgan fingerprint density at radius 2 is 1.79 bits per heavy atom. The van der Waals surface area contributed by atoms with E-state index in [1.54, 1.807) is 12.1 Å². The minimum absolute atomic E-state index is 0.0495. The summed E-state index contributed by atoms with van der Waals surface area (Å²) < 4.78 is 39.9. The maximum atomic E-state index is 12.0. The summed E-state index contributed by atoms with van der Waals surface area (Å²) >= 11 is 1.53. The molecule has 0 saturated carbocycles. The molecule has 0 amide bonds. The van der Waals surface area contributed by atoms with Crippen molar-refractivity contribution in [2.24, 2.45) is 5.73 Å². The lowest BCUT2D eigenvalue weighted by Crippen LogP contribution is -2.16. The van der Waals surface area contributed by atoms with E-state index in [9.17, 15) is 13.2 Å². The minimum Gasteiger partial charge on any atom is -0.406 e. The molecule has 1 atom stereocenters. The molecule has 2 aromatic rings. The van der Waals surface area contributed by atoms with Crippen LogP contribution in [0.3, 0.4) is 0 Å². The summed E-state index contributed by atoms with van der Waals surface area (Å²) in [5.74, 6) is -0.223. The maximum absolute atomic E-state index is 12.0. The number of halogens is 3. The highest BCUT2D eigenvalue weighted by atomic mass is 32.1. The van der Waals surface area contributed by atoms with Crippen molar-refractivity contribution in [3.8, 4) is 16.9 Å². The van der Waals surface area contributed by atoms with Crippen LogP contribution in [0, 0.1) is 0 Å². The van der Waals surface area contributed by atoms with E-state index in [2.05, 4.69) is 4.74 Å². The topological polar surface area (TPSA) is 35.2 Å². The van der Waals surface area contributed by atoms with Gasteiger partial charge in [-0.2, -0.15) is 0 Å². The predicted molar refractivity (Wildman–Crippen MR) is 69.0 cm³/mol. The van der Waals surface area contributed by atoms with Crippen LogP contribution in [0.5, 0.6) is 5.75 Å². The second-order valence-corrected chi connectivity index (χ2v) is 5.04. The third-order valence-electron chi connectivity index (χ3n) is 2.49. The third-order valence-corrected chi connectivity index (χ3v) is 3.62. The van der Waals surface area contributed by atoms with E-state index in [0.29, 0.717) is 0 Å². The molecule has 0 aliphatic rings. The van der Waals surface area contributed by atoms with Crippen LogP contribution < -0.4 is 10.5 Å². The summed E-state index contributed by atoms with van der Waals surface area (Å²) in [5, 5.41) is 1.93. The summed E-state index contributed by atoms with van der Waals surface area (Å²) in [6.45, 7) is 1.88. The van der Waals surface area contributed by atoms with Gasteiger partial charge >= 0.3 is 6.36 Å². The van der Waals surface area contributed by atoms with E-state index in [1.165, 1.54) is 23.5 Å². The highest BCUT2D eigenvalue weighted by Gasteiger charge is 2.30. The van der Waals surface area contributed by atoms with Crippen LogP contribution in [-0.4, -0.2) is 6.36 Å². The van der Waals surface area contributed by atoms with Crippen LogP contribution in [0.2, 0.25) is 0 Å². The van der Waals surface area contributed by atoms with Gasteiger partial charge in [0, 0.05) is 10.9 Å². The fourth-order valence-corrected chi connectivity index (χ4v) is 2.47. The molecule has 1 aromatic carbocycles. The fraction of sp³-hybridized carbons (Fsp3) is 0.231. The quantitative estimate of drug-likeness (QED) is 0.911. The van der Waals surface area contributed by atoms with Gasteiger partial charge in [-0.25, -0.2) is 0 Å². The molecule has 2 nitrogen and oxygen atoms in total. The summed E-state index contributed by atoms with van der Waals surface area (Å²) in [6.07, 6.45) is -4.66. The summed E-state index contributed by atoms with van der Waals surface area (Å²) in [5.41, 5.74) is 7.54. The molecule has 1 heterocycles. The molecule has 6 heteroatoms. The number of thiophene rings is 1. The number of hydrogen-bond acceptors (Lipinski definition) is 3. The minimum atomic E-state index is -4.66. The zero-order valence-electron chi connectivity index (χ0n) is 10.1. The number of nitrogens with two attached hydrogens (primary N) is 1. The molecule has 2 N–H and O–H groups in total. The number of hydrogen-bond donors (Lipinski definition) is 1. The number of ether oxygens (including phenoxy) is 1. The molecule has 2 rings (SSSR count). The first-order chi connectivity index (χ1) is 8.85. The largest absolute Gasteiger partial charge is 0.573 e. The average molecular weight is 287 g/mol. The molecule has 0 bridgehead atoms. The Labute approximate surface area is 112 Å². The van der Waals surface area contributed by atoms with Gasteiger partial charge in [0.15, 0.2) is 0 Å². The Morgan fingerprint density at radius 3 is 2.26 bits per heavy atom. The average Bonchev–Trinajstić information content (AvgIpc) is 2.77. The second-order valence-electron chi connectivity index (χ2n) is 4.10. The van der Waals surface area contributed by atoms with Crippen LogP contribution in [-0.2, 0) is 0 Å². The molecular weight excluding hydrogens is 275 g/mol. The summed E-state index contributed by atoms with van der Waals surface area (Å²) in [6, 6.07) is 7.67. The predicted octanol–water partition coefficient (Wildman–Crippen LogP) is 4.33. The van der Waals surface area contributed by atoms with Crippen molar-refractivity contribution in [3.63, 3.8) is 0 Å². The molecule has 0 aliphatic carbocycles. The monoisotopic (exact) mass is 287 g/mol. The van der Waals surface area contributed by atoms with E-state index >= 15 is 0 Å². The van der Waals surface area contributed by atoms with Crippen LogP contribution in [0.4, 0.5) is 13.2 Å². The third kappa shape index (κ3) is 3.71. The van der Waals surface area contributed by atoms with Gasteiger partial charge in [0.2, 0.25) is 0 Å². The summed E-state index contributed by atoms with van der Waals surface area (Å²) in [4.78, 5) is 1.03. The van der Waals surface area contributed by atoms with E-state index in [1.807, 2.05) is 18.4 Å². The van der Waals surface area contributed by atoms with E-state index in [0.717, 1.165) is 16.0 Å². The van der Waals surface area contributed by atoms with Gasteiger partial charge in [-0.05, 0) is 41.6 Å². The van der Waals surface area contributed by atoms with Gasteiger partial charge < -0.3 is 10.5 Å². The first kappa shape index (κ1) is 13.9. The normalized spacial score (nSPS) is 13.3. The number of alkyl halides is 3. The molecule has 0 fully saturated rings. The summed E-state index contributed by atoms with van der Waals surface area (Å²) in [7, 11) is 0. The van der Waals surface area contributed by atoms with Gasteiger partial charge in [-0.1, -0.05) is 12.1 Å². The zero-order valence-corrected chi connectivity index (χ0v) is 10.9. The first-order valence-electron chi connectivity index (χ1n) is 5.55. The van der Waals surface area contributed by atoms with Gasteiger partial charge in [0.05, 0.1) is 0 Å². The molecule has 19 heavy (non-hydrogen) atoms. The van der Waals surface area contributed by atoms with E-state index in [4.69, 9.17) is 5.73 Å². The highest BCUT2D eigenvalue weighted by Crippen LogP contribution is 2.30. The Hall–Kier alpha value is -1.53. The fourth-order valence-electron chi connectivity index (χ4n) is 1.59. The first-order valence-corrected chi connectivity index (χ1v) is 6.43. The van der Waals surface area contributed by atoms with E-state index < -0.39 is 6.36 Å². The van der Waals surface area contributed by atoms with Gasteiger partial charge in [-0.15, -0.1) is 24.5 Å². The van der Waals surface area contributed by atoms with Gasteiger partial charge in [-0.3, -0.25) is 0 Å². The van der Waals surface area contributed by atoms with Crippen LogP contribution in [0.1, 0.15) is 17.8 Å². The van der Waals surface area contributed by atoms with Crippen molar-refractivity contribution in [2.75, 3.05) is 0 Å². The molecule has 1 unspecified atom stereocenters. The van der Waals surface area contributed by atoms with Crippen molar-refractivity contribution >= 4 is 11.3 Å².